The number of carbonyl (C=O) groups excluding carboxylic acids is 1. The Hall–Kier alpha value is -2.10. The van der Waals surface area contributed by atoms with Crippen LogP contribution in [-0.2, 0) is 27.4 Å². The van der Waals surface area contributed by atoms with Crippen molar-refractivity contribution in [3.8, 4) is 0 Å². The van der Waals surface area contributed by atoms with Crippen LogP contribution < -0.4 is 10.0 Å². The molecule has 0 atom stereocenters. The second-order valence-electron chi connectivity index (χ2n) is 5.56. The minimum absolute atomic E-state index is 0.255. The van der Waals surface area contributed by atoms with Gasteiger partial charge < -0.3 is 5.32 Å². The number of hydrogen-bond donors (Lipinski definition) is 2. The van der Waals surface area contributed by atoms with Crippen LogP contribution in [0.1, 0.15) is 18.1 Å². The summed E-state index contributed by atoms with van der Waals surface area (Å²) >= 11 is 5.54. The lowest BCUT2D eigenvalue weighted by Gasteiger charge is -2.14. The van der Waals surface area contributed by atoms with Crippen molar-refractivity contribution in [1.29, 1.82) is 0 Å². The first-order valence-electron chi connectivity index (χ1n) is 7.78. The van der Waals surface area contributed by atoms with Crippen molar-refractivity contribution < 1.29 is 26.4 Å². The Balaban J connectivity index is 2.14. The summed E-state index contributed by atoms with van der Waals surface area (Å²) in [5.74, 6) is -0.714. The van der Waals surface area contributed by atoms with Crippen LogP contribution >= 0.6 is 11.6 Å². The maximum atomic E-state index is 13.1. The Morgan fingerprint density at radius 1 is 1.15 bits per heavy atom. The Bertz CT molecular complexity index is 947. The second kappa shape index (κ2) is 8.28. The lowest BCUT2D eigenvalue weighted by molar-refractivity contribution is -0.139. The molecule has 2 aromatic carbocycles. The molecule has 0 aliphatic rings. The van der Waals surface area contributed by atoms with E-state index in [9.17, 15) is 26.4 Å². The molecule has 0 unspecified atom stereocenters. The van der Waals surface area contributed by atoms with Gasteiger partial charge in [-0.3, -0.25) is 4.79 Å². The Kier molecular flexibility index (Phi) is 6.50. The van der Waals surface area contributed by atoms with E-state index in [1.165, 1.54) is 0 Å². The molecule has 146 valence electrons. The molecule has 0 spiro atoms. The molecule has 0 fully saturated rings. The van der Waals surface area contributed by atoms with Crippen LogP contribution in [0.25, 0.3) is 0 Å². The van der Waals surface area contributed by atoms with Gasteiger partial charge in [-0.05, 0) is 42.3 Å². The van der Waals surface area contributed by atoms with Gasteiger partial charge in [-0.25, -0.2) is 13.1 Å². The lowest BCUT2D eigenvalue weighted by atomic mass is 10.1. The van der Waals surface area contributed by atoms with Crippen molar-refractivity contribution in [1.82, 2.24) is 4.72 Å². The summed E-state index contributed by atoms with van der Waals surface area (Å²) < 4.78 is 65.6. The summed E-state index contributed by atoms with van der Waals surface area (Å²) in [6, 6.07) is 9.21. The molecule has 0 aromatic heterocycles. The van der Waals surface area contributed by atoms with Gasteiger partial charge in [0.15, 0.2) is 0 Å². The van der Waals surface area contributed by atoms with Crippen LogP contribution in [0.3, 0.4) is 0 Å². The van der Waals surface area contributed by atoms with E-state index in [0.717, 1.165) is 24.1 Å². The molecule has 5 nitrogen and oxygen atoms in total. The van der Waals surface area contributed by atoms with E-state index in [0.29, 0.717) is 11.8 Å². The number of nitrogens with one attached hydrogen (secondary N) is 2. The predicted molar refractivity (Wildman–Crippen MR) is 96.1 cm³/mol. The van der Waals surface area contributed by atoms with E-state index >= 15 is 0 Å². The van der Waals surface area contributed by atoms with Crippen molar-refractivity contribution in [2.24, 2.45) is 0 Å². The van der Waals surface area contributed by atoms with Gasteiger partial charge in [0.05, 0.1) is 17.0 Å². The van der Waals surface area contributed by atoms with Crippen LogP contribution in [0, 0.1) is 0 Å². The SMILES string of the molecule is CCc1cccc(NC(=O)CNS(=O)(=O)c2ccc(Cl)cc2C(F)(F)F)c1. The fraction of sp³-hybridized carbons (Fsp3) is 0.235. The van der Waals surface area contributed by atoms with E-state index in [1.807, 2.05) is 17.7 Å². The molecule has 0 bridgehead atoms. The van der Waals surface area contributed by atoms with Crippen molar-refractivity contribution in [2.75, 3.05) is 11.9 Å². The summed E-state index contributed by atoms with van der Waals surface area (Å²) in [6.45, 7) is 1.21. The standard InChI is InChI=1S/C17H16ClF3N2O3S/c1-2-11-4-3-5-13(8-11)23-16(24)10-22-27(25,26)15-7-6-12(18)9-14(15)17(19,20)21/h3-9,22H,2,10H2,1H3,(H,23,24). The maximum absolute atomic E-state index is 13.1. The van der Waals surface area contributed by atoms with Crippen molar-refractivity contribution in [3.63, 3.8) is 0 Å². The van der Waals surface area contributed by atoms with Gasteiger partial charge in [-0.1, -0.05) is 30.7 Å². The average Bonchev–Trinajstić information content (AvgIpc) is 2.59. The largest absolute Gasteiger partial charge is 0.417 e. The molecular weight excluding hydrogens is 405 g/mol. The molecule has 2 aromatic rings. The van der Waals surface area contributed by atoms with Gasteiger partial charge in [0, 0.05) is 10.7 Å². The second-order valence-corrected chi connectivity index (χ2v) is 7.74. The van der Waals surface area contributed by atoms with E-state index in [4.69, 9.17) is 11.6 Å². The van der Waals surface area contributed by atoms with Gasteiger partial charge >= 0.3 is 6.18 Å². The van der Waals surface area contributed by atoms with Crippen LogP contribution in [0.5, 0.6) is 0 Å². The monoisotopic (exact) mass is 420 g/mol. The fourth-order valence-corrected chi connectivity index (χ4v) is 3.63. The lowest BCUT2D eigenvalue weighted by Crippen LogP contribution is -2.34. The van der Waals surface area contributed by atoms with Gasteiger partial charge in [0.25, 0.3) is 0 Å². The third-order valence-electron chi connectivity index (χ3n) is 3.58. The number of carbonyl (C=O) groups is 1. The fourth-order valence-electron chi connectivity index (χ4n) is 2.27. The Labute approximate surface area is 159 Å². The first-order chi connectivity index (χ1) is 12.5. The first kappa shape index (κ1) is 21.2. The minimum Gasteiger partial charge on any atom is -0.325 e. The van der Waals surface area contributed by atoms with Crippen LogP contribution in [0.15, 0.2) is 47.4 Å². The molecule has 2 rings (SSSR count). The zero-order valence-electron chi connectivity index (χ0n) is 14.1. The zero-order valence-corrected chi connectivity index (χ0v) is 15.7. The summed E-state index contributed by atoms with van der Waals surface area (Å²) in [5, 5.41) is 2.23. The third-order valence-corrected chi connectivity index (χ3v) is 5.27. The summed E-state index contributed by atoms with van der Waals surface area (Å²) in [6.07, 6.45) is -4.18. The van der Waals surface area contributed by atoms with Crippen LogP contribution in [0.4, 0.5) is 18.9 Å². The first-order valence-corrected chi connectivity index (χ1v) is 9.64. The molecule has 0 radical (unpaired) electrons. The van der Waals surface area contributed by atoms with Crippen molar-refractivity contribution >= 4 is 33.2 Å². The molecule has 0 heterocycles. The normalized spacial score (nSPS) is 12.0. The smallest absolute Gasteiger partial charge is 0.325 e. The molecule has 27 heavy (non-hydrogen) atoms. The quantitative estimate of drug-likeness (QED) is 0.745. The summed E-state index contributed by atoms with van der Waals surface area (Å²) in [5.41, 5.74) is 0.0175. The summed E-state index contributed by atoms with van der Waals surface area (Å²) in [7, 11) is -4.58. The summed E-state index contributed by atoms with van der Waals surface area (Å²) in [4.78, 5) is 10.9. The highest BCUT2D eigenvalue weighted by Crippen LogP contribution is 2.35. The average molecular weight is 421 g/mol. The third kappa shape index (κ3) is 5.69. The molecule has 1 amide bonds. The highest BCUT2D eigenvalue weighted by molar-refractivity contribution is 7.89. The van der Waals surface area contributed by atoms with Crippen molar-refractivity contribution in [2.45, 2.75) is 24.4 Å². The highest BCUT2D eigenvalue weighted by atomic mass is 35.5. The number of aryl methyl sites for hydroxylation is 1. The predicted octanol–water partition coefficient (Wildman–Crippen LogP) is 3.84. The molecule has 0 saturated carbocycles. The number of benzene rings is 2. The van der Waals surface area contributed by atoms with Crippen molar-refractivity contribution in [3.05, 3.63) is 58.6 Å². The number of sulfonamides is 1. The number of amides is 1. The number of hydrogen-bond acceptors (Lipinski definition) is 3. The number of rotatable bonds is 6. The Morgan fingerprint density at radius 2 is 1.85 bits per heavy atom. The maximum Gasteiger partial charge on any atom is 0.417 e. The number of anilines is 1. The number of halogens is 4. The molecule has 10 heteroatoms. The minimum atomic E-state index is -4.92. The van der Waals surface area contributed by atoms with E-state index < -0.39 is 39.1 Å². The van der Waals surface area contributed by atoms with E-state index in [-0.39, 0.29) is 5.02 Å². The van der Waals surface area contributed by atoms with E-state index in [1.54, 1.807) is 18.2 Å². The van der Waals surface area contributed by atoms with Crippen LogP contribution in [0.2, 0.25) is 5.02 Å². The molecule has 0 aliphatic carbocycles. The molecule has 0 saturated heterocycles. The molecule has 0 aliphatic heterocycles. The molecular formula is C17H16ClF3N2O3S. The van der Waals surface area contributed by atoms with Crippen LogP contribution in [-0.4, -0.2) is 20.9 Å². The topological polar surface area (TPSA) is 75.3 Å². The molecule has 2 N–H and O–H groups in total. The highest BCUT2D eigenvalue weighted by Gasteiger charge is 2.37. The van der Waals surface area contributed by atoms with Gasteiger partial charge in [0.1, 0.15) is 0 Å². The van der Waals surface area contributed by atoms with Gasteiger partial charge in [0.2, 0.25) is 15.9 Å². The van der Waals surface area contributed by atoms with Gasteiger partial charge in [-0.2, -0.15) is 13.2 Å². The number of alkyl halides is 3. The van der Waals surface area contributed by atoms with Gasteiger partial charge in [-0.15, -0.1) is 0 Å². The zero-order chi connectivity index (χ0) is 20.2. The van der Waals surface area contributed by atoms with E-state index in [2.05, 4.69) is 5.32 Å². The Morgan fingerprint density at radius 3 is 2.48 bits per heavy atom.